The molecular weight excluding hydrogens is 829 g/mol. The molecule has 0 aliphatic rings. The molecule has 0 amide bonds. The van der Waals surface area contributed by atoms with Crippen molar-refractivity contribution < 1.29 is 0 Å². The number of hydrogen-bond donors (Lipinski definition) is 2. The summed E-state index contributed by atoms with van der Waals surface area (Å²) >= 11 is 14.7. The molecule has 0 fully saturated rings. The predicted molar refractivity (Wildman–Crippen MR) is 276 cm³/mol. The van der Waals surface area contributed by atoms with E-state index in [2.05, 4.69) is 48.3 Å². The van der Waals surface area contributed by atoms with E-state index in [1.807, 2.05) is 38.1 Å². The monoisotopic (exact) mass is 904 g/mol. The SMILES string of the molecule is CCCCCCCCCCCCc1ccc(-n2[nH]c(C)c(C(=S)SCCCCCSC(=S)c3c(C)[nH]n(-c4ccc(CCCCCCCCCCCC)cc4)c3=O)c2=O)cc1. The summed E-state index contributed by atoms with van der Waals surface area (Å²) in [7, 11) is 0. The van der Waals surface area contributed by atoms with Crippen LogP contribution < -0.4 is 11.1 Å². The maximum atomic E-state index is 13.5. The molecule has 2 N–H and O–H groups in total. The molecule has 2 aromatic heterocycles. The van der Waals surface area contributed by atoms with Gasteiger partial charge in [0.05, 0.1) is 30.9 Å². The lowest BCUT2D eigenvalue weighted by Crippen LogP contribution is -2.19. The van der Waals surface area contributed by atoms with Gasteiger partial charge in [0.25, 0.3) is 11.1 Å². The number of aromatic nitrogens is 4. The molecule has 0 saturated carbocycles. The number of nitrogens with zero attached hydrogens (tertiary/aromatic N) is 2. The summed E-state index contributed by atoms with van der Waals surface area (Å²) < 4.78 is 4.54. The quantitative estimate of drug-likeness (QED) is 0.0376. The van der Waals surface area contributed by atoms with Crippen LogP contribution in [0.2, 0.25) is 0 Å². The lowest BCUT2D eigenvalue weighted by atomic mass is 10.0. The minimum Gasteiger partial charge on any atom is -0.295 e. The molecule has 2 heterocycles. The summed E-state index contributed by atoms with van der Waals surface area (Å²) in [6.45, 7) is 8.40. The highest BCUT2D eigenvalue weighted by molar-refractivity contribution is 8.24. The van der Waals surface area contributed by atoms with E-state index >= 15 is 0 Å². The highest BCUT2D eigenvalue weighted by atomic mass is 32.2. The van der Waals surface area contributed by atoms with Crippen molar-refractivity contribution in [2.75, 3.05) is 11.5 Å². The molecule has 4 aromatic rings. The number of aryl methyl sites for hydroxylation is 4. The Kier molecular flexibility index (Phi) is 24.8. The number of rotatable bonds is 32. The molecule has 0 bridgehead atoms. The molecule has 0 atom stereocenters. The van der Waals surface area contributed by atoms with Crippen LogP contribution in [-0.2, 0) is 12.8 Å². The fourth-order valence-electron chi connectivity index (χ4n) is 8.05. The molecule has 6 nitrogen and oxygen atoms in total. The highest BCUT2D eigenvalue weighted by Crippen LogP contribution is 2.22. The number of aromatic amines is 2. The number of H-pyrrole nitrogens is 2. The number of thiocarbonyl (C=S) groups is 2. The third kappa shape index (κ3) is 17.8. The summed E-state index contributed by atoms with van der Waals surface area (Å²) in [6, 6.07) is 16.8. The lowest BCUT2D eigenvalue weighted by molar-refractivity contribution is 0.556. The number of hydrogen-bond acceptors (Lipinski definition) is 6. The number of nitrogens with one attached hydrogen (secondary N) is 2. The van der Waals surface area contributed by atoms with Crippen molar-refractivity contribution in [2.45, 2.75) is 188 Å². The third-order valence-electron chi connectivity index (χ3n) is 11.8. The average Bonchev–Trinajstić information content (AvgIpc) is 3.74. The standard InChI is InChI=1S/C51H76N4O2S4/c1-5-7-9-11-13-15-17-19-21-24-28-42-30-34-44(35-31-42)54-48(56)46(40(3)52-54)50(58)60-38-26-23-27-39-61-51(59)47-41(4)53-55(49(47)57)45-36-32-43(33-37-45)29-25-22-20-18-16-14-12-10-8-6-2/h30-37,52-53H,5-29,38-39H2,1-4H3. The van der Waals surface area contributed by atoms with Crippen LogP contribution in [-0.4, -0.2) is 39.5 Å². The normalized spacial score (nSPS) is 11.5. The summed E-state index contributed by atoms with van der Waals surface area (Å²) in [5, 5.41) is 6.52. The molecule has 2 aromatic carbocycles. The van der Waals surface area contributed by atoms with E-state index in [0.717, 1.165) is 66.4 Å². The molecule has 4 rings (SSSR count). The predicted octanol–water partition coefficient (Wildman–Crippen LogP) is 14.9. The van der Waals surface area contributed by atoms with Crippen molar-refractivity contribution in [1.82, 2.24) is 19.6 Å². The van der Waals surface area contributed by atoms with Gasteiger partial charge in [-0.3, -0.25) is 19.8 Å². The van der Waals surface area contributed by atoms with Crippen molar-refractivity contribution in [3.8, 4) is 11.4 Å². The van der Waals surface area contributed by atoms with Crippen molar-refractivity contribution in [1.29, 1.82) is 0 Å². The van der Waals surface area contributed by atoms with Gasteiger partial charge in [0.1, 0.15) is 0 Å². The molecule has 0 aliphatic carbocycles. The van der Waals surface area contributed by atoms with Gasteiger partial charge in [-0.1, -0.05) is 185 Å². The van der Waals surface area contributed by atoms with E-state index in [1.165, 1.54) is 140 Å². The van der Waals surface area contributed by atoms with Gasteiger partial charge in [-0.15, -0.1) is 23.5 Å². The molecule has 0 unspecified atom stereocenters. The Morgan fingerprint density at radius 2 is 0.754 bits per heavy atom. The molecule has 0 aliphatic heterocycles. The van der Waals surface area contributed by atoms with Crippen LogP contribution in [0.1, 0.15) is 195 Å². The minimum atomic E-state index is -0.0851. The zero-order valence-electron chi connectivity index (χ0n) is 38.1. The van der Waals surface area contributed by atoms with Gasteiger partial charge in [0.15, 0.2) is 0 Å². The van der Waals surface area contributed by atoms with E-state index in [9.17, 15) is 9.59 Å². The Bertz CT molecular complexity index is 1830. The summed E-state index contributed by atoms with van der Waals surface area (Å²) in [4.78, 5) is 26.9. The average molecular weight is 905 g/mol. The maximum absolute atomic E-state index is 13.5. The number of unbranched alkanes of at least 4 members (excludes halogenated alkanes) is 20. The van der Waals surface area contributed by atoms with E-state index in [1.54, 1.807) is 32.9 Å². The van der Waals surface area contributed by atoms with Gasteiger partial charge in [0.2, 0.25) is 0 Å². The van der Waals surface area contributed by atoms with Crippen molar-refractivity contribution in [3.05, 3.63) is 103 Å². The van der Waals surface area contributed by atoms with E-state index < -0.39 is 0 Å². The van der Waals surface area contributed by atoms with Crippen LogP contribution in [0.25, 0.3) is 11.4 Å². The second-order valence-electron chi connectivity index (χ2n) is 17.0. The van der Waals surface area contributed by atoms with Crippen molar-refractivity contribution in [3.63, 3.8) is 0 Å². The van der Waals surface area contributed by atoms with Crippen LogP contribution in [0.3, 0.4) is 0 Å². The molecule has 0 radical (unpaired) electrons. The van der Waals surface area contributed by atoms with Gasteiger partial charge in [-0.25, -0.2) is 9.36 Å². The zero-order valence-corrected chi connectivity index (χ0v) is 41.3. The second-order valence-corrected chi connectivity index (χ2v) is 20.6. The minimum absolute atomic E-state index is 0.0851. The van der Waals surface area contributed by atoms with E-state index in [-0.39, 0.29) is 11.1 Å². The summed E-state index contributed by atoms with van der Waals surface area (Å²) in [5.74, 6) is 1.71. The topological polar surface area (TPSA) is 75.6 Å². The van der Waals surface area contributed by atoms with Gasteiger partial charge in [-0.05, 0) is 99.3 Å². The molecule has 0 saturated heterocycles. The summed E-state index contributed by atoms with van der Waals surface area (Å²) in [6.07, 6.45) is 32.0. The van der Waals surface area contributed by atoms with Crippen LogP contribution in [0.4, 0.5) is 0 Å². The van der Waals surface area contributed by atoms with Crippen LogP contribution in [0.5, 0.6) is 0 Å². The van der Waals surface area contributed by atoms with Crippen LogP contribution in [0.15, 0.2) is 58.1 Å². The van der Waals surface area contributed by atoms with Crippen molar-refractivity contribution >= 4 is 56.4 Å². The molecule has 336 valence electrons. The highest BCUT2D eigenvalue weighted by Gasteiger charge is 2.19. The molecule has 61 heavy (non-hydrogen) atoms. The lowest BCUT2D eigenvalue weighted by Gasteiger charge is -2.06. The number of thioether (sulfide) groups is 2. The first-order valence-electron chi connectivity index (χ1n) is 23.9. The van der Waals surface area contributed by atoms with Gasteiger partial charge in [0, 0.05) is 11.4 Å². The Labute approximate surface area is 387 Å². The molecule has 10 heteroatoms. The first-order valence-corrected chi connectivity index (χ1v) is 26.7. The smallest absolute Gasteiger partial charge is 0.280 e. The largest absolute Gasteiger partial charge is 0.295 e. The Balaban J connectivity index is 1.11. The Morgan fingerprint density at radius 3 is 1.08 bits per heavy atom. The van der Waals surface area contributed by atoms with Crippen molar-refractivity contribution in [2.24, 2.45) is 0 Å². The number of benzene rings is 2. The Hall–Kier alpha value is -2.66. The van der Waals surface area contributed by atoms with Gasteiger partial charge >= 0.3 is 0 Å². The second kappa shape index (κ2) is 29.7. The van der Waals surface area contributed by atoms with E-state index in [0.29, 0.717) is 19.5 Å². The zero-order chi connectivity index (χ0) is 43.7. The Morgan fingerprint density at radius 1 is 0.459 bits per heavy atom. The molecule has 0 spiro atoms. The van der Waals surface area contributed by atoms with Gasteiger partial charge < -0.3 is 0 Å². The fraction of sp³-hybridized carbons (Fsp3) is 0.608. The van der Waals surface area contributed by atoms with Gasteiger partial charge in [-0.2, -0.15) is 0 Å². The van der Waals surface area contributed by atoms with Crippen LogP contribution >= 0.6 is 48.0 Å². The van der Waals surface area contributed by atoms with E-state index in [4.69, 9.17) is 24.4 Å². The maximum Gasteiger partial charge on any atom is 0.280 e. The summed E-state index contributed by atoms with van der Waals surface area (Å²) in [5.41, 5.74) is 6.95. The fourth-order valence-corrected chi connectivity index (χ4v) is 10.9. The third-order valence-corrected chi connectivity index (χ3v) is 14.9. The first kappa shape index (κ1) is 51.0. The van der Waals surface area contributed by atoms with Crippen LogP contribution in [0, 0.1) is 13.8 Å². The molecular formula is C51H76N4O2S4. The first-order chi connectivity index (χ1) is 29.7.